The third kappa shape index (κ3) is 36.5. The Balaban J connectivity index is 0.970. The van der Waals surface area contributed by atoms with Crippen molar-refractivity contribution in [1.29, 1.82) is 0 Å². The van der Waals surface area contributed by atoms with Crippen LogP contribution in [0.5, 0.6) is 57.5 Å². The number of esters is 8. The van der Waals surface area contributed by atoms with Gasteiger partial charge in [0.25, 0.3) is 0 Å². The van der Waals surface area contributed by atoms with Crippen LogP contribution >= 0.6 is 0 Å². The average molecular weight is 1770 g/mol. The molecule has 20 nitrogen and oxygen atoms in total. The van der Waals surface area contributed by atoms with Crippen molar-refractivity contribution in [1.82, 2.24) is 0 Å². The normalized spacial score (nSPS) is 14.7. The first-order valence-corrected chi connectivity index (χ1v) is 48.3. The van der Waals surface area contributed by atoms with E-state index in [0.29, 0.717) is 111 Å². The Bertz CT molecular complexity index is 4500. The molecule has 0 aromatic heterocycles. The summed E-state index contributed by atoms with van der Waals surface area (Å²) in [6.07, 6.45) is 42.9. The maximum atomic E-state index is 15.2. The molecular weight excluding hydrogens is 1630 g/mol. The lowest BCUT2D eigenvalue weighted by molar-refractivity contribution is -0.141. The van der Waals surface area contributed by atoms with E-state index < -0.39 is 47.8 Å². The quantitative estimate of drug-likeness (QED) is 0.0149. The summed E-state index contributed by atoms with van der Waals surface area (Å²) in [6.45, 7) is 17.9. The van der Waals surface area contributed by atoms with Gasteiger partial charge in [-0.05, 0) is 259 Å². The van der Waals surface area contributed by atoms with E-state index in [1.54, 1.807) is 72.8 Å². The molecule has 0 radical (unpaired) electrons. The van der Waals surface area contributed by atoms with E-state index in [-0.39, 0.29) is 68.6 Å². The molecule has 7 aromatic rings. The number of rotatable bonds is 61. The van der Waals surface area contributed by atoms with E-state index in [2.05, 4.69) is 40.9 Å². The van der Waals surface area contributed by atoms with Crippen LogP contribution in [-0.2, 0) is 28.7 Å². The Labute approximate surface area is 765 Å². The maximum absolute atomic E-state index is 15.2. The lowest BCUT2D eigenvalue weighted by Crippen LogP contribution is -2.26. The molecular formula is C109H140O20. The summed E-state index contributed by atoms with van der Waals surface area (Å²) in [7, 11) is 0. The van der Waals surface area contributed by atoms with Crippen LogP contribution in [0.4, 0.5) is 0 Å². The van der Waals surface area contributed by atoms with Crippen molar-refractivity contribution in [3.63, 3.8) is 0 Å². The highest BCUT2D eigenvalue weighted by molar-refractivity contribution is 5.98. The molecule has 2 fully saturated rings. The lowest BCUT2D eigenvalue weighted by atomic mass is 9.80. The second-order valence-corrected chi connectivity index (χ2v) is 34.4. The van der Waals surface area contributed by atoms with Crippen LogP contribution in [0.25, 0.3) is 22.3 Å². The predicted molar refractivity (Wildman–Crippen MR) is 504 cm³/mol. The molecule has 0 heterocycles. The maximum Gasteiger partial charge on any atom is 0.347 e. The Morgan fingerprint density at radius 3 is 0.915 bits per heavy atom. The second kappa shape index (κ2) is 58.5. The lowest BCUT2D eigenvalue weighted by Gasteiger charge is -2.27. The first-order valence-electron chi connectivity index (χ1n) is 48.3. The summed E-state index contributed by atoms with van der Waals surface area (Å²) < 4.78 is 72.3. The van der Waals surface area contributed by atoms with Crippen LogP contribution in [-0.4, -0.2) is 87.4 Å². The smallest absolute Gasteiger partial charge is 0.347 e. The van der Waals surface area contributed by atoms with E-state index in [1.807, 2.05) is 36.4 Å². The number of unbranched alkanes of at least 4 members (excludes halogenated alkanes) is 25. The van der Waals surface area contributed by atoms with Gasteiger partial charge in [-0.2, -0.15) is 0 Å². The molecule has 0 saturated heterocycles. The van der Waals surface area contributed by atoms with Crippen LogP contribution in [0.1, 0.15) is 332 Å². The van der Waals surface area contributed by atoms with Crippen molar-refractivity contribution in [2.45, 2.75) is 291 Å². The van der Waals surface area contributed by atoms with E-state index in [9.17, 15) is 28.8 Å². The summed E-state index contributed by atoms with van der Waals surface area (Å²) >= 11 is 0. The highest BCUT2D eigenvalue weighted by Gasteiger charge is 2.33. The largest absolute Gasteiger partial charge is 0.494 e. The van der Waals surface area contributed by atoms with E-state index in [1.165, 1.54) is 120 Å². The second-order valence-electron chi connectivity index (χ2n) is 34.4. The van der Waals surface area contributed by atoms with Gasteiger partial charge in [-0.3, -0.25) is 9.59 Å². The van der Waals surface area contributed by atoms with E-state index in [0.717, 1.165) is 177 Å². The number of hydrogen-bond donors (Lipinski definition) is 0. The minimum Gasteiger partial charge on any atom is -0.494 e. The van der Waals surface area contributed by atoms with Crippen LogP contribution in [0.3, 0.4) is 0 Å². The zero-order valence-corrected chi connectivity index (χ0v) is 77.1. The van der Waals surface area contributed by atoms with Gasteiger partial charge in [-0.15, -0.1) is 0 Å². The zero-order chi connectivity index (χ0) is 91.4. The van der Waals surface area contributed by atoms with Crippen LogP contribution < -0.4 is 47.4 Å². The van der Waals surface area contributed by atoms with Gasteiger partial charge >= 0.3 is 47.8 Å². The SMILES string of the molecule is C=CC(=O)OCCCCCCOc1ccc(C(=O)Oc2ccc(OC(=O)C3CCC(CCCCCC)CC3)c(C(=O)Oc3cc(-c4ccc(-c5ccc(OCCCCCCCCC)c(OC(=O)c6cc(OC(=O)c7ccc(OCCCCCCOC(=O)C=C)cc7)ccc6OC(=O)C6CCC(CCCCCCC)CC6)c5)cc4)ccc3OCCCCCCCCC)c2)cc1. The predicted octanol–water partition coefficient (Wildman–Crippen LogP) is 27.2. The van der Waals surface area contributed by atoms with Crippen molar-refractivity contribution in [3.8, 4) is 79.7 Å². The van der Waals surface area contributed by atoms with Crippen LogP contribution in [0.2, 0.25) is 0 Å². The first-order chi connectivity index (χ1) is 63.0. The Hall–Kier alpha value is -11.0. The number of benzene rings is 7. The van der Waals surface area contributed by atoms with E-state index in [4.69, 9.17) is 56.8 Å². The number of hydrogen-bond acceptors (Lipinski definition) is 20. The molecule has 696 valence electrons. The summed E-state index contributed by atoms with van der Waals surface area (Å²) in [5.74, 6) is -2.76. The minimum atomic E-state index is -0.888. The van der Waals surface area contributed by atoms with Crippen molar-refractivity contribution in [2.75, 3.05) is 39.6 Å². The molecule has 9 rings (SSSR count). The van der Waals surface area contributed by atoms with Gasteiger partial charge in [0.1, 0.15) is 45.6 Å². The number of carbonyl (C=O) groups excluding carboxylic acids is 8. The Morgan fingerprint density at radius 1 is 0.271 bits per heavy atom. The summed E-state index contributed by atoms with van der Waals surface area (Å²) in [5.41, 5.74) is 2.98. The van der Waals surface area contributed by atoms with Gasteiger partial charge in [0.05, 0.1) is 62.6 Å². The standard InChI is InChI=1S/C109H140O20/c1-7-13-17-21-23-26-36-72-120-98-66-58-88(76-100(98)128-108(116)94-78-92(64-68-96(94)126-106(114)84-46-42-80(43-47-84)40-32-20-16-10-4)124-104(112)86-54-60-90(61-55-86)118-70-34-28-30-38-74-122-102(110)11-5)82-50-52-83(53-51-82)89-59-67-99(121-73-37-27-24-22-18-14-8-2)101(77-89)129-109(117)95-79-93(65-69-97(95)127-107(115)85-48-44-81(45-49-85)41-33-25-19-15-9-3)125-105(113)87-56-62-91(63-57-87)119-71-35-29-31-39-75-123-103(111)12-6/h11-12,50-69,76-81,84-85H,5-10,13-49,70-75H2,1-4H3. The molecule has 129 heavy (non-hydrogen) atoms. The summed E-state index contributed by atoms with van der Waals surface area (Å²) in [5, 5.41) is 0. The van der Waals surface area contributed by atoms with Crippen LogP contribution in [0.15, 0.2) is 171 Å². The molecule has 0 aliphatic heterocycles. The molecule has 20 heteroatoms. The molecule has 2 aliphatic rings. The highest BCUT2D eigenvalue weighted by Crippen LogP contribution is 2.42. The zero-order valence-electron chi connectivity index (χ0n) is 77.1. The minimum absolute atomic E-state index is 0.00755. The van der Waals surface area contributed by atoms with Crippen molar-refractivity contribution in [3.05, 3.63) is 193 Å². The number of carbonyl (C=O) groups is 8. The van der Waals surface area contributed by atoms with E-state index >= 15 is 9.59 Å². The van der Waals surface area contributed by atoms with Crippen molar-refractivity contribution >= 4 is 47.8 Å². The monoisotopic (exact) mass is 1770 g/mol. The molecule has 0 atom stereocenters. The third-order valence-corrected chi connectivity index (χ3v) is 24.2. The van der Waals surface area contributed by atoms with Gasteiger partial charge < -0.3 is 56.8 Å². The molecule has 2 saturated carbocycles. The fourth-order valence-corrected chi connectivity index (χ4v) is 16.4. The fraction of sp³-hybridized carbons (Fsp3) is 0.505. The molecule has 2 aliphatic carbocycles. The fourth-order valence-electron chi connectivity index (χ4n) is 16.4. The van der Waals surface area contributed by atoms with Crippen LogP contribution in [0, 0.1) is 23.7 Å². The highest BCUT2D eigenvalue weighted by atomic mass is 16.6. The summed E-state index contributed by atoms with van der Waals surface area (Å²) in [6, 6.07) is 40.3. The average Bonchev–Trinajstić information content (AvgIpc) is 0.840. The van der Waals surface area contributed by atoms with Gasteiger partial charge in [-0.1, -0.05) is 225 Å². The number of ether oxygens (including phenoxy) is 12. The van der Waals surface area contributed by atoms with Gasteiger partial charge in [0, 0.05) is 12.2 Å². The molecule has 0 spiro atoms. The molecule has 0 unspecified atom stereocenters. The van der Waals surface area contributed by atoms with Crippen molar-refractivity contribution in [2.24, 2.45) is 23.7 Å². The summed E-state index contributed by atoms with van der Waals surface area (Å²) in [4.78, 5) is 110. The molecule has 7 aromatic carbocycles. The van der Waals surface area contributed by atoms with Crippen molar-refractivity contribution < 1.29 is 95.2 Å². The molecule has 0 bridgehead atoms. The Kier molecular flexibility index (Phi) is 46.1. The first kappa shape index (κ1) is 102. The molecule has 0 N–H and O–H groups in total. The van der Waals surface area contributed by atoms with Gasteiger partial charge in [-0.25, -0.2) is 28.8 Å². The van der Waals surface area contributed by atoms with Gasteiger partial charge in [0.2, 0.25) is 0 Å². The van der Waals surface area contributed by atoms with Gasteiger partial charge in [0.15, 0.2) is 23.0 Å². The topological polar surface area (TPSA) is 247 Å². The Morgan fingerprint density at radius 2 is 0.566 bits per heavy atom. The molecule has 0 amide bonds. The third-order valence-electron chi connectivity index (χ3n) is 24.2.